The summed E-state index contributed by atoms with van der Waals surface area (Å²) in [4.78, 5) is 15.8. The molecule has 0 saturated heterocycles. The van der Waals surface area contributed by atoms with Gasteiger partial charge in [-0.3, -0.25) is 4.79 Å². The van der Waals surface area contributed by atoms with E-state index in [-0.39, 0.29) is 11.5 Å². The molecule has 0 atom stereocenters. The number of halogens is 2. The first-order valence-electron chi connectivity index (χ1n) is 6.81. The Morgan fingerprint density at radius 1 is 1.33 bits per heavy atom. The van der Waals surface area contributed by atoms with Crippen molar-refractivity contribution in [2.75, 3.05) is 5.32 Å². The van der Waals surface area contributed by atoms with Gasteiger partial charge in [0.05, 0.1) is 5.69 Å². The third kappa shape index (κ3) is 4.32. The Hall–Kier alpha value is -1.82. The number of carbonyl (C=O) groups is 1. The lowest BCUT2D eigenvalue weighted by Gasteiger charge is -2.01. The summed E-state index contributed by atoms with van der Waals surface area (Å²) in [6, 6.07) is 3.34. The number of unbranched alkanes of at least 4 members (excludes halogenated alkanes) is 2. The largest absolute Gasteiger partial charge is 0.302 e. The van der Waals surface area contributed by atoms with Crippen molar-refractivity contribution in [3.63, 3.8) is 0 Å². The number of hydrogen-bond donors (Lipinski definition) is 1. The molecule has 0 fully saturated rings. The van der Waals surface area contributed by atoms with Crippen LogP contribution in [-0.4, -0.2) is 10.9 Å². The highest BCUT2D eigenvalue weighted by molar-refractivity contribution is 7.14. The first kappa shape index (κ1) is 15.6. The van der Waals surface area contributed by atoms with E-state index >= 15 is 0 Å². The van der Waals surface area contributed by atoms with Crippen molar-refractivity contribution >= 4 is 22.4 Å². The fraction of sp³-hybridized carbons (Fsp3) is 0.333. The quantitative estimate of drug-likeness (QED) is 0.792. The number of benzene rings is 1. The predicted octanol–water partition coefficient (Wildman–Crippen LogP) is 4.61. The molecule has 0 bridgehead atoms. The summed E-state index contributed by atoms with van der Waals surface area (Å²) in [5, 5.41) is 4.76. The van der Waals surface area contributed by atoms with Crippen LogP contribution in [0.1, 0.15) is 32.6 Å². The van der Waals surface area contributed by atoms with E-state index in [2.05, 4.69) is 17.2 Å². The van der Waals surface area contributed by atoms with Crippen LogP contribution >= 0.6 is 11.3 Å². The van der Waals surface area contributed by atoms with Gasteiger partial charge >= 0.3 is 0 Å². The summed E-state index contributed by atoms with van der Waals surface area (Å²) in [7, 11) is 0. The first-order chi connectivity index (χ1) is 10.1. The van der Waals surface area contributed by atoms with E-state index in [9.17, 15) is 13.6 Å². The number of carbonyl (C=O) groups excluding carboxylic acids is 1. The van der Waals surface area contributed by atoms with Crippen molar-refractivity contribution in [3.8, 4) is 11.3 Å². The summed E-state index contributed by atoms with van der Waals surface area (Å²) in [5.74, 6) is -1.39. The minimum absolute atomic E-state index is 0.0936. The Morgan fingerprint density at radius 2 is 2.14 bits per heavy atom. The molecule has 1 heterocycles. The molecule has 1 aromatic carbocycles. The maximum atomic E-state index is 13.7. The first-order valence-corrected chi connectivity index (χ1v) is 7.69. The molecule has 0 saturated carbocycles. The van der Waals surface area contributed by atoms with Gasteiger partial charge in [0.2, 0.25) is 5.91 Å². The second kappa shape index (κ2) is 7.26. The minimum atomic E-state index is -0.666. The molecule has 0 radical (unpaired) electrons. The van der Waals surface area contributed by atoms with Crippen LogP contribution in [0, 0.1) is 11.6 Å². The standard InChI is InChI=1S/C15H16F2N2OS/c1-2-3-4-5-14(20)19-15-18-13(9-21-15)11-7-6-10(16)8-12(11)17/h6-9H,2-5H2,1H3,(H,18,19,20). The Kier molecular flexibility index (Phi) is 5.38. The van der Waals surface area contributed by atoms with Gasteiger partial charge in [0.1, 0.15) is 11.6 Å². The van der Waals surface area contributed by atoms with E-state index in [1.54, 1.807) is 5.38 Å². The third-order valence-corrected chi connectivity index (χ3v) is 3.72. The van der Waals surface area contributed by atoms with Crippen LogP contribution in [0.25, 0.3) is 11.3 Å². The molecule has 0 unspecified atom stereocenters. The average molecular weight is 310 g/mol. The van der Waals surface area contributed by atoms with Crippen molar-refractivity contribution in [2.45, 2.75) is 32.6 Å². The molecule has 0 aliphatic rings. The average Bonchev–Trinajstić information content (AvgIpc) is 2.87. The molecule has 1 amide bonds. The smallest absolute Gasteiger partial charge is 0.226 e. The second-order valence-corrected chi connectivity index (χ2v) is 5.53. The van der Waals surface area contributed by atoms with Crippen LogP contribution in [0.4, 0.5) is 13.9 Å². The van der Waals surface area contributed by atoms with Gasteiger partial charge in [0, 0.05) is 23.4 Å². The highest BCUT2D eigenvalue weighted by Crippen LogP contribution is 2.27. The molecule has 0 aliphatic heterocycles. The fourth-order valence-corrected chi connectivity index (χ4v) is 2.60. The zero-order valence-electron chi connectivity index (χ0n) is 11.7. The highest BCUT2D eigenvalue weighted by atomic mass is 32.1. The van der Waals surface area contributed by atoms with Crippen molar-refractivity contribution in [1.29, 1.82) is 0 Å². The van der Waals surface area contributed by atoms with Gasteiger partial charge in [0.15, 0.2) is 5.13 Å². The lowest BCUT2D eigenvalue weighted by Crippen LogP contribution is -2.10. The van der Waals surface area contributed by atoms with Crippen LogP contribution in [0.3, 0.4) is 0 Å². The van der Waals surface area contributed by atoms with E-state index < -0.39 is 11.6 Å². The molecule has 0 aliphatic carbocycles. The minimum Gasteiger partial charge on any atom is -0.302 e. The summed E-state index contributed by atoms with van der Waals surface area (Å²) < 4.78 is 26.5. The fourth-order valence-electron chi connectivity index (χ4n) is 1.87. The van der Waals surface area contributed by atoms with E-state index in [0.29, 0.717) is 17.2 Å². The monoisotopic (exact) mass is 310 g/mol. The third-order valence-electron chi connectivity index (χ3n) is 2.97. The normalized spacial score (nSPS) is 10.6. The van der Waals surface area contributed by atoms with Crippen molar-refractivity contribution < 1.29 is 13.6 Å². The highest BCUT2D eigenvalue weighted by Gasteiger charge is 2.11. The molecule has 0 spiro atoms. The maximum absolute atomic E-state index is 13.7. The van der Waals surface area contributed by atoms with Gasteiger partial charge in [-0.25, -0.2) is 13.8 Å². The number of rotatable bonds is 6. The number of nitrogens with one attached hydrogen (secondary N) is 1. The summed E-state index contributed by atoms with van der Waals surface area (Å²) in [6.45, 7) is 2.07. The lowest BCUT2D eigenvalue weighted by molar-refractivity contribution is -0.116. The Morgan fingerprint density at radius 3 is 2.86 bits per heavy atom. The van der Waals surface area contributed by atoms with Gasteiger partial charge < -0.3 is 5.32 Å². The molecule has 21 heavy (non-hydrogen) atoms. The molecular formula is C15H16F2N2OS. The number of thiazole rings is 1. The molecule has 2 rings (SSSR count). The molecule has 112 valence electrons. The Labute approximate surface area is 126 Å². The van der Waals surface area contributed by atoms with Gasteiger partial charge in [-0.2, -0.15) is 0 Å². The molecule has 1 aromatic heterocycles. The molecular weight excluding hydrogens is 294 g/mol. The summed E-state index contributed by atoms with van der Waals surface area (Å²) >= 11 is 1.22. The Balaban J connectivity index is 2.02. The van der Waals surface area contributed by atoms with Gasteiger partial charge in [0.25, 0.3) is 0 Å². The van der Waals surface area contributed by atoms with Gasteiger partial charge in [-0.05, 0) is 18.6 Å². The van der Waals surface area contributed by atoms with E-state index in [1.807, 2.05) is 0 Å². The number of nitrogens with zero attached hydrogens (tertiary/aromatic N) is 1. The van der Waals surface area contributed by atoms with Crippen molar-refractivity contribution in [3.05, 3.63) is 35.2 Å². The molecule has 3 nitrogen and oxygen atoms in total. The number of anilines is 1. The number of hydrogen-bond acceptors (Lipinski definition) is 3. The summed E-state index contributed by atoms with van der Waals surface area (Å²) in [6.07, 6.45) is 3.36. The van der Waals surface area contributed by atoms with Crippen LogP contribution < -0.4 is 5.32 Å². The second-order valence-electron chi connectivity index (χ2n) is 4.67. The van der Waals surface area contributed by atoms with Crippen LogP contribution in [0.15, 0.2) is 23.6 Å². The number of aromatic nitrogens is 1. The van der Waals surface area contributed by atoms with Crippen LogP contribution in [0.2, 0.25) is 0 Å². The SMILES string of the molecule is CCCCCC(=O)Nc1nc(-c2ccc(F)cc2F)cs1. The molecule has 2 aromatic rings. The zero-order valence-corrected chi connectivity index (χ0v) is 12.5. The van der Waals surface area contributed by atoms with Crippen LogP contribution in [0.5, 0.6) is 0 Å². The number of amides is 1. The molecule has 6 heteroatoms. The topological polar surface area (TPSA) is 42.0 Å². The maximum Gasteiger partial charge on any atom is 0.226 e. The van der Waals surface area contributed by atoms with Gasteiger partial charge in [-0.15, -0.1) is 11.3 Å². The van der Waals surface area contributed by atoms with Gasteiger partial charge in [-0.1, -0.05) is 19.8 Å². The van der Waals surface area contributed by atoms with E-state index in [4.69, 9.17) is 0 Å². The molecule has 1 N–H and O–H groups in total. The van der Waals surface area contributed by atoms with E-state index in [0.717, 1.165) is 25.3 Å². The predicted molar refractivity (Wildman–Crippen MR) is 80.2 cm³/mol. The van der Waals surface area contributed by atoms with Crippen molar-refractivity contribution in [1.82, 2.24) is 4.98 Å². The van der Waals surface area contributed by atoms with Crippen molar-refractivity contribution in [2.24, 2.45) is 0 Å². The lowest BCUT2D eigenvalue weighted by atomic mass is 10.1. The Bertz CT molecular complexity index is 628. The zero-order chi connectivity index (χ0) is 15.2. The van der Waals surface area contributed by atoms with E-state index in [1.165, 1.54) is 23.5 Å². The summed E-state index contributed by atoms with van der Waals surface area (Å²) in [5.41, 5.74) is 0.612. The van der Waals surface area contributed by atoms with Crippen LogP contribution in [-0.2, 0) is 4.79 Å².